The highest BCUT2D eigenvalue weighted by molar-refractivity contribution is 5.95. The van der Waals surface area contributed by atoms with Crippen molar-refractivity contribution >= 4 is 5.91 Å². The molecule has 28 heavy (non-hydrogen) atoms. The van der Waals surface area contributed by atoms with E-state index in [4.69, 9.17) is 14.2 Å². The van der Waals surface area contributed by atoms with E-state index in [0.717, 1.165) is 37.2 Å². The molecule has 2 aromatic rings. The fourth-order valence-electron chi connectivity index (χ4n) is 4.98. The summed E-state index contributed by atoms with van der Waals surface area (Å²) in [4.78, 5) is 15.4. The molecule has 1 amide bonds. The van der Waals surface area contributed by atoms with Gasteiger partial charge in [-0.1, -0.05) is 12.1 Å². The second-order valence-electron chi connectivity index (χ2n) is 7.90. The monoisotopic (exact) mass is 379 g/mol. The van der Waals surface area contributed by atoms with Crippen molar-refractivity contribution in [1.29, 1.82) is 0 Å². The number of carbonyl (C=O) groups excluding carboxylic acids is 1. The average Bonchev–Trinajstić information content (AvgIpc) is 3.02. The SMILES string of the molecule is COc1ccc(C2CC3CCC(C2)N3C(=O)c2ccc3c(c2)OCCO3)cc1. The summed E-state index contributed by atoms with van der Waals surface area (Å²) in [5.74, 6) is 2.92. The predicted octanol–water partition coefficient (Wildman–Crippen LogP) is 4.02. The molecule has 3 heterocycles. The highest BCUT2D eigenvalue weighted by atomic mass is 16.6. The van der Waals surface area contributed by atoms with Gasteiger partial charge in [0, 0.05) is 17.6 Å². The van der Waals surface area contributed by atoms with Crippen molar-refractivity contribution < 1.29 is 19.0 Å². The van der Waals surface area contributed by atoms with E-state index < -0.39 is 0 Å². The third-order valence-electron chi connectivity index (χ3n) is 6.34. The summed E-state index contributed by atoms with van der Waals surface area (Å²) in [6.07, 6.45) is 4.24. The van der Waals surface area contributed by atoms with Crippen molar-refractivity contribution in [3.05, 3.63) is 53.6 Å². The molecule has 146 valence electrons. The highest BCUT2D eigenvalue weighted by Gasteiger charge is 2.43. The molecule has 2 aromatic carbocycles. The van der Waals surface area contributed by atoms with Crippen molar-refractivity contribution in [3.8, 4) is 17.2 Å². The van der Waals surface area contributed by atoms with Gasteiger partial charge in [-0.3, -0.25) is 4.79 Å². The van der Waals surface area contributed by atoms with Crippen LogP contribution in [0.5, 0.6) is 17.2 Å². The molecule has 3 aliphatic heterocycles. The van der Waals surface area contributed by atoms with Crippen LogP contribution in [0.25, 0.3) is 0 Å². The van der Waals surface area contributed by atoms with Crippen LogP contribution in [-0.2, 0) is 0 Å². The Morgan fingerprint density at radius 1 is 0.964 bits per heavy atom. The van der Waals surface area contributed by atoms with Crippen LogP contribution in [0.15, 0.2) is 42.5 Å². The molecule has 5 nitrogen and oxygen atoms in total. The van der Waals surface area contributed by atoms with Crippen molar-refractivity contribution in [1.82, 2.24) is 4.90 Å². The van der Waals surface area contributed by atoms with Crippen molar-refractivity contribution in [2.75, 3.05) is 20.3 Å². The number of nitrogens with zero attached hydrogens (tertiary/aromatic N) is 1. The molecule has 0 aromatic heterocycles. The lowest BCUT2D eigenvalue weighted by molar-refractivity contribution is 0.0570. The van der Waals surface area contributed by atoms with Gasteiger partial charge in [0.25, 0.3) is 5.91 Å². The third-order valence-corrected chi connectivity index (χ3v) is 6.34. The van der Waals surface area contributed by atoms with Gasteiger partial charge in [-0.25, -0.2) is 0 Å². The molecule has 0 N–H and O–H groups in total. The minimum atomic E-state index is 0.123. The molecule has 0 aliphatic carbocycles. The number of hydrogen-bond donors (Lipinski definition) is 0. The van der Waals surface area contributed by atoms with Gasteiger partial charge < -0.3 is 19.1 Å². The highest BCUT2D eigenvalue weighted by Crippen LogP contribution is 2.44. The Kier molecular flexibility index (Phi) is 4.38. The summed E-state index contributed by atoms with van der Waals surface area (Å²) in [7, 11) is 1.69. The molecular weight excluding hydrogens is 354 g/mol. The van der Waals surface area contributed by atoms with E-state index in [1.165, 1.54) is 5.56 Å². The van der Waals surface area contributed by atoms with E-state index in [-0.39, 0.29) is 5.91 Å². The molecule has 2 fully saturated rings. The van der Waals surface area contributed by atoms with Crippen LogP contribution in [0, 0.1) is 0 Å². The Balaban J connectivity index is 1.34. The first-order valence-electron chi connectivity index (χ1n) is 10.1. The number of benzene rings is 2. The van der Waals surface area contributed by atoms with Gasteiger partial charge in [0.15, 0.2) is 11.5 Å². The normalized spacial score (nSPS) is 25.5. The van der Waals surface area contributed by atoms with Crippen LogP contribution in [0.2, 0.25) is 0 Å². The molecule has 5 rings (SSSR count). The van der Waals surface area contributed by atoms with Crippen LogP contribution in [0.3, 0.4) is 0 Å². The maximum atomic E-state index is 13.3. The summed E-state index contributed by atoms with van der Waals surface area (Å²) in [6, 6.07) is 14.6. The van der Waals surface area contributed by atoms with E-state index in [9.17, 15) is 4.79 Å². The first-order chi connectivity index (χ1) is 13.7. The Hall–Kier alpha value is -2.69. The van der Waals surface area contributed by atoms with Crippen LogP contribution in [-0.4, -0.2) is 43.2 Å². The number of rotatable bonds is 3. The first kappa shape index (κ1) is 17.4. The van der Waals surface area contributed by atoms with Gasteiger partial charge in [0.1, 0.15) is 19.0 Å². The topological polar surface area (TPSA) is 48.0 Å². The number of piperidine rings is 1. The van der Waals surface area contributed by atoms with Gasteiger partial charge in [0.2, 0.25) is 0 Å². The minimum absolute atomic E-state index is 0.123. The zero-order chi connectivity index (χ0) is 19.1. The van der Waals surface area contributed by atoms with Crippen LogP contribution in [0.1, 0.15) is 47.5 Å². The lowest BCUT2D eigenvalue weighted by Gasteiger charge is -2.39. The lowest BCUT2D eigenvalue weighted by atomic mass is 9.84. The van der Waals surface area contributed by atoms with Crippen molar-refractivity contribution in [2.24, 2.45) is 0 Å². The maximum Gasteiger partial charge on any atom is 0.254 e. The summed E-state index contributed by atoms with van der Waals surface area (Å²) in [5.41, 5.74) is 2.05. The molecule has 0 saturated carbocycles. The number of carbonyl (C=O) groups is 1. The number of fused-ring (bicyclic) bond motifs is 3. The first-order valence-corrected chi connectivity index (χ1v) is 10.1. The Bertz CT molecular complexity index is 865. The fourth-order valence-corrected chi connectivity index (χ4v) is 4.98. The van der Waals surface area contributed by atoms with E-state index in [1.54, 1.807) is 7.11 Å². The van der Waals surface area contributed by atoms with Crippen LogP contribution in [0.4, 0.5) is 0 Å². The summed E-state index contributed by atoms with van der Waals surface area (Å²) >= 11 is 0. The van der Waals surface area contributed by atoms with Crippen molar-refractivity contribution in [3.63, 3.8) is 0 Å². The van der Waals surface area contributed by atoms with E-state index in [0.29, 0.717) is 42.5 Å². The molecular formula is C23H25NO4. The molecule has 2 saturated heterocycles. The molecule has 0 spiro atoms. The molecule has 2 atom stereocenters. The zero-order valence-electron chi connectivity index (χ0n) is 16.1. The predicted molar refractivity (Wildman–Crippen MR) is 105 cm³/mol. The van der Waals surface area contributed by atoms with Crippen LogP contribution >= 0.6 is 0 Å². The van der Waals surface area contributed by atoms with E-state index in [2.05, 4.69) is 17.0 Å². The van der Waals surface area contributed by atoms with Gasteiger partial charge in [0.05, 0.1) is 7.11 Å². The Morgan fingerprint density at radius 3 is 2.32 bits per heavy atom. The number of amides is 1. The summed E-state index contributed by atoms with van der Waals surface area (Å²) in [6.45, 7) is 1.09. The van der Waals surface area contributed by atoms with Gasteiger partial charge in [-0.2, -0.15) is 0 Å². The zero-order valence-corrected chi connectivity index (χ0v) is 16.1. The third kappa shape index (κ3) is 2.99. The largest absolute Gasteiger partial charge is 0.497 e. The number of ether oxygens (including phenoxy) is 3. The number of hydrogen-bond acceptors (Lipinski definition) is 4. The molecule has 5 heteroatoms. The molecule has 3 aliphatic rings. The standard InChI is InChI=1S/C23H25NO4/c1-26-20-7-2-15(3-8-20)17-12-18-5-6-19(13-17)24(18)23(25)16-4-9-21-22(14-16)28-11-10-27-21/h2-4,7-9,14,17-19H,5-6,10-13H2,1H3. The van der Waals surface area contributed by atoms with Gasteiger partial charge in [-0.05, 0) is 67.5 Å². The second kappa shape index (κ2) is 7.04. The van der Waals surface area contributed by atoms with E-state index >= 15 is 0 Å². The maximum absolute atomic E-state index is 13.3. The Morgan fingerprint density at radius 2 is 1.64 bits per heavy atom. The smallest absolute Gasteiger partial charge is 0.254 e. The second-order valence-corrected chi connectivity index (χ2v) is 7.90. The Labute approximate surface area is 165 Å². The van der Waals surface area contributed by atoms with Gasteiger partial charge in [-0.15, -0.1) is 0 Å². The van der Waals surface area contributed by atoms with Crippen molar-refractivity contribution in [2.45, 2.75) is 43.7 Å². The number of methoxy groups -OCH3 is 1. The van der Waals surface area contributed by atoms with E-state index in [1.807, 2.05) is 30.3 Å². The van der Waals surface area contributed by atoms with Gasteiger partial charge >= 0.3 is 0 Å². The molecule has 2 bridgehead atoms. The molecule has 0 radical (unpaired) electrons. The van der Waals surface area contributed by atoms with Crippen LogP contribution < -0.4 is 14.2 Å². The molecule has 2 unspecified atom stereocenters. The fraction of sp³-hybridized carbons (Fsp3) is 0.435. The minimum Gasteiger partial charge on any atom is -0.497 e. The quantitative estimate of drug-likeness (QED) is 0.808. The summed E-state index contributed by atoms with van der Waals surface area (Å²) in [5, 5.41) is 0. The lowest BCUT2D eigenvalue weighted by Crippen LogP contribution is -2.46. The average molecular weight is 379 g/mol. The summed E-state index contributed by atoms with van der Waals surface area (Å²) < 4.78 is 16.5.